The number of halogens is 3. The third-order valence-electron chi connectivity index (χ3n) is 4.28. The van der Waals surface area contributed by atoms with Crippen LogP contribution in [0.15, 0.2) is 24.5 Å². The number of hydrogen-bond donors (Lipinski definition) is 1. The fourth-order valence-electron chi connectivity index (χ4n) is 3.01. The Balaban J connectivity index is 1.69. The standard InChI is InChI=1S/C16H19F3N4/c1-11-4-2-6-20-13(11)10-23-7-3-5-12(9-23)15-21-8-14(22-15)16(17,18)19/h2,4,6,8,12H,3,5,7,9-10H2,1H3,(H,21,22)/t12-/m1/s1. The summed E-state index contributed by atoms with van der Waals surface area (Å²) in [6.07, 6.45) is 0.0782. The predicted octanol–water partition coefficient (Wildman–Crippen LogP) is 3.51. The number of hydrogen-bond acceptors (Lipinski definition) is 3. The van der Waals surface area contributed by atoms with E-state index >= 15 is 0 Å². The summed E-state index contributed by atoms with van der Waals surface area (Å²) in [4.78, 5) is 13.0. The van der Waals surface area contributed by atoms with E-state index in [1.807, 2.05) is 19.1 Å². The first-order valence-corrected chi connectivity index (χ1v) is 7.68. The summed E-state index contributed by atoms with van der Waals surface area (Å²) in [6, 6.07) is 3.92. The second-order valence-corrected chi connectivity index (χ2v) is 6.02. The molecular weight excluding hydrogens is 305 g/mol. The van der Waals surface area contributed by atoms with Crippen molar-refractivity contribution in [2.75, 3.05) is 13.1 Å². The smallest absolute Gasteiger partial charge is 0.338 e. The van der Waals surface area contributed by atoms with E-state index in [0.29, 0.717) is 12.4 Å². The van der Waals surface area contributed by atoms with Gasteiger partial charge in [-0.1, -0.05) is 6.07 Å². The Morgan fingerprint density at radius 2 is 2.17 bits per heavy atom. The van der Waals surface area contributed by atoms with Gasteiger partial charge in [0, 0.05) is 25.2 Å². The van der Waals surface area contributed by atoms with Crippen LogP contribution in [0.2, 0.25) is 0 Å². The van der Waals surface area contributed by atoms with Crippen LogP contribution >= 0.6 is 0 Å². The van der Waals surface area contributed by atoms with Crippen molar-refractivity contribution in [3.8, 4) is 0 Å². The van der Waals surface area contributed by atoms with Gasteiger partial charge < -0.3 is 4.98 Å². The average molecular weight is 324 g/mol. The molecule has 7 heteroatoms. The number of aromatic amines is 1. The second kappa shape index (κ2) is 6.31. The van der Waals surface area contributed by atoms with Crippen molar-refractivity contribution in [1.82, 2.24) is 19.9 Å². The molecule has 1 fully saturated rings. The Hall–Kier alpha value is -1.89. The molecule has 1 aliphatic heterocycles. The lowest BCUT2D eigenvalue weighted by molar-refractivity contribution is -0.141. The molecule has 3 rings (SSSR count). The lowest BCUT2D eigenvalue weighted by Crippen LogP contribution is -2.34. The number of nitrogens with zero attached hydrogens (tertiary/aromatic N) is 3. The first kappa shape index (κ1) is 16.0. The minimum Gasteiger partial charge on any atom is -0.338 e. The molecule has 0 radical (unpaired) electrons. The van der Waals surface area contributed by atoms with Crippen LogP contribution in [0.4, 0.5) is 13.2 Å². The zero-order chi connectivity index (χ0) is 16.4. The van der Waals surface area contributed by atoms with Crippen molar-refractivity contribution in [3.05, 3.63) is 47.3 Å². The maximum absolute atomic E-state index is 12.7. The molecule has 4 nitrogen and oxygen atoms in total. The first-order chi connectivity index (χ1) is 10.9. The monoisotopic (exact) mass is 324 g/mol. The number of aryl methyl sites for hydroxylation is 1. The van der Waals surface area contributed by atoms with E-state index in [1.54, 1.807) is 6.20 Å². The van der Waals surface area contributed by atoms with Gasteiger partial charge in [-0.25, -0.2) is 4.98 Å². The molecule has 2 aromatic rings. The van der Waals surface area contributed by atoms with E-state index in [0.717, 1.165) is 43.4 Å². The third kappa shape index (κ3) is 3.72. The normalized spacial score (nSPS) is 19.9. The Morgan fingerprint density at radius 3 is 2.87 bits per heavy atom. The highest BCUT2D eigenvalue weighted by Gasteiger charge is 2.34. The average Bonchev–Trinajstić information content (AvgIpc) is 3.00. The zero-order valence-corrected chi connectivity index (χ0v) is 12.9. The van der Waals surface area contributed by atoms with Gasteiger partial charge in [0.15, 0.2) is 0 Å². The van der Waals surface area contributed by atoms with E-state index in [9.17, 15) is 13.2 Å². The SMILES string of the molecule is Cc1cccnc1CN1CCC[C@@H](c2ncc(C(F)(F)F)[nH]2)C1. The highest BCUT2D eigenvalue weighted by Crippen LogP contribution is 2.31. The van der Waals surface area contributed by atoms with Crippen LogP contribution < -0.4 is 0 Å². The molecule has 23 heavy (non-hydrogen) atoms. The fourth-order valence-corrected chi connectivity index (χ4v) is 3.01. The minimum absolute atomic E-state index is 0.00358. The maximum Gasteiger partial charge on any atom is 0.432 e. The van der Waals surface area contributed by atoms with Crippen molar-refractivity contribution in [2.45, 2.75) is 38.4 Å². The fraction of sp³-hybridized carbons (Fsp3) is 0.500. The zero-order valence-electron chi connectivity index (χ0n) is 12.9. The number of piperidine rings is 1. The number of H-pyrrole nitrogens is 1. The Morgan fingerprint density at radius 1 is 1.35 bits per heavy atom. The summed E-state index contributed by atoms with van der Waals surface area (Å²) in [5.41, 5.74) is 1.38. The van der Waals surface area contributed by atoms with Crippen LogP contribution in [0.25, 0.3) is 0 Å². The van der Waals surface area contributed by atoms with Gasteiger partial charge in [0.2, 0.25) is 0 Å². The van der Waals surface area contributed by atoms with Gasteiger partial charge in [0.1, 0.15) is 11.5 Å². The minimum atomic E-state index is -4.37. The van der Waals surface area contributed by atoms with Crippen molar-refractivity contribution >= 4 is 0 Å². The molecule has 0 aromatic carbocycles. The second-order valence-electron chi connectivity index (χ2n) is 6.02. The van der Waals surface area contributed by atoms with Gasteiger partial charge in [0.25, 0.3) is 0 Å². The number of alkyl halides is 3. The number of pyridine rings is 1. The van der Waals surface area contributed by atoms with Gasteiger partial charge in [-0.15, -0.1) is 0 Å². The topological polar surface area (TPSA) is 44.8 Å². The summed E-state index contributed by atoms with van der Waals surface area (Å²) in [5.74, 6) is 0.434. The summed E-state index contributed by atoms with van der Waals surface area (Å²) in [6.45, 7) is 4.36. The summed E-state index contributed by atoms with van der Waals surface area (Å²) >= 11 is 0. The summed E-state index contributed by atoms with van der Waals surface area (Å²) in [7, 11) is 0. The molecule has 1 saturated heterocycles. The largest absolute Gasteiger partial charge is 0.432 e. The molecule has 0 aliphatic carbocycles. The van der Waals surface area contributed by atoms with E-state index in [1.165, 1.54) is 0 Å². The molecule has 1 N–H and O–H groups in total. The van der Waals surface area contributed by atoms with Crippen LogP contribution in [0, 0.1) is 6.92 Å². The van der Waals surface area contributed by atoms with Crippen molar-refractivity contribution in [2.24, 2.45) is 0 Å². The lowest BCUT2D eigenvalue weighted by Gasteiger charge is -2.31. The van der Waals surface area contributed by atoms with Gasteiger partial charge in [0.05, 0.1) is 11.9 Å². The predicted molar refractivity (Wildman–Crippen MR) is 79.8 cm³/mol. The summed E-state index contributed by atoms with van der Waals surface area (Å²) < 4.78 is 38.1. The van der Waals surface area contributed by atoms with Gasteiger partial charge in [-0.05, 0) is 37.9 Å². The van der Waals surface area contributed by atoms with Crippen LogP contribution in [0.1, 0.15) is 41.5 Å². The molecule has 3 heterocycles. The highest BCUT2D eigenvalue weighted by molar-refractivity contribution is 5.18. The van der Waals surface area contributed by atoms with E-state index in [2.05, 4.69) is 19.9 Å². The van der Waals surface area contributed by atoms with Crippen LogP contribution in [0.5, 0.6) is 0 Å². The number of likely N-dealkylation sites (tertiary alicyclic amines) is 1. The number of rotatable bonds is 3. The molecule has 0 bridgehead atoms. The highest BCUT2D eigenvalue weighted by atomic mass is 19.4. The molecular formula is C16H19F3N4. The van der Waals surface area contributed by atoms with E-state index in [-0.39, 0.29) is 5.92 Å². The molecule has 124 valence electrons. The first-order valence-electron chi connectivity index (χ1n) is 7.68. The Kier molecular flexibility index (Phi) is 4.39. The van der Waals surface area contributed by atoms with Crippen molar-refractivity contribution < 1.29 is 13.2 Å². The van der Waals surface area contributed by atoms with Crippen LogP contribution in [0.3, 0.4) is 0 Å². The van der Waals surface area contributed by atoms with Gasteiger partial charge in [-0.3, -0.25) is 9.88 Å². The Bertz CT molecular complexity index is 665. The Labute approximate surface area is 132 Å². The molecule has 0 saturated carbocycles. The van der Waals surface area contributed by atoms with Crippen LogP contribution in [-0.2, 0) is 12.7 Å². The van der Waals surface area contributed by atoms with Gasteiger partial charge >= 0.3 is 6.18 Å². The summed E-state index contributed by atoms with van der Waals surface area (Å²) in [5, 5.41) is 0. The van der Waals surface area contributed by atoms with Crippen LogP contribution in [-0.4, -0.2) is 32.9 Å². The third-order valence-corrected chi connectivity index (χ3v) is 4.28. The number of aromatic nitrogens is 3. The molecule has 1 aliphatic rings. The quantitative estimate of drug-likeness (QED) is 0.940. The molecule has 1 atom stereocenters. The number of nitrogens with one attached hydrogen (secondary N) is 1. The molecule has 0 spiro atoms. The van der Waals surface area contributed by atoms with Crippen molar-refractivity contribution in [3.63, 3.8) is 0 Å². The lowest BCUT2D eigenvalue weighted by atomic mass is 9.97. The van der Waals surface area contributed by atoms with Gasteiger partial charge in [-0.2, -0.15) is 13.2 Å². The van der Waals surface area contributed by atoms with E-state index in [4.69, 9.17) is 0 Å². The molecule has 0 unspecified atom stereocenters. The van der Waals surface area contributed by atoms with Crippen molar-refractivity contribution in [1.29, 1.82) is 0 Å². The molecule has 0 amide bonds. The number of imidazole rings is 1. The molecule has 2 aromatic heterocycles. The maximum atomic E-state index is 12.7. The van der Waals surface area contributed by atoms with E-state index < -0.39 is 11.9 Å².